The zero-order valence-electron chi connectivity index (χ0n) is 9.53. The zero-order chi connectivity index (χ0) is 12.7. The lowest BCUT2D eigenvalue weighted by atomic mass is 10.0. The van der Waals surface area contributed by atoms with Crippen LogP contribution in [0.2, 0.25) is 0 Å². The highest BCUT2D eigenvalue weighted by molar-refractivity contribution is 9.10. The molecule has 92 valence electrons. The third kappa shape index (κ3) is 1.85. The van der Waals surface area contributed by atoms with Crippen molar-refractivity contribution in [3.05, 3.63) is 45.8 Å². The van der Waals surface area contributed by atoms with Gasteiger partial charge in [-0.3, -0.25) is 4.40 Å². The Labute approximate surface area is 118 Å². The van der Waals surface area contributed by atoms with Gasteiger partial charge in [-0.2, -0.15) is 0 Å². The van der Waals surface area contributed by atoms with E-state index in [0.717, 1.165) is 39.3 Å². The highest BCUT2D eigenvalue weighted by atomic mass is 79.9. The first-order valence-electron chi connectivity index (χ1n) is 5.64. The fourth-order valence-corrected chi connectivity index (χ4v) is 2.78. The highest BCUT2D eigenvalue weighted by Gasteiger charge is 2.12. The first-order valence-corrected chi connectivity index (χ1v) is 6.81. The number of rotatable bonds is 1. The third-order valence-corrected chi connectivity index (χ3v) is 3.99. The molecular weight excluding hydrogens is 314 g/mol. The van der Waals surface area contributed by atoms with Gasteiger partial charge in [-0.15, -0.1) is 0 Å². The molecule has 3 nitrogen and oxygen atoms in total. The van der Waals surface area contributed by atoms with Gasteiger partial charge in [-0.05, 0) is 40.4 Å². The molecule has 2 aromatic rings. The van der Waals surface area contributed by atoms with Gasteiger partial charge in [0.2, 0.25) is 0 Å². The maximum Gasteiger partial charge on any atom is 0.160 e. The molecule has 0 spiro atoms. The van der Waals surface area contributed by atoms with Crippen molar-refractivity contribution in [2.75, 3.05) is 5.73 Å². The van der Waals surface area contributed by atoms with Crippen LogP contribution in [0.4, 0.5) is 5.69 Å². The first-order chi connectivity index (χ1) is 8.66. The molecule has 0 aliphatic heterocycles. The van der Waals surface area contributed by atoms with E-state index < -0.39 is 0 Å². The summed E-state index contributed by atoms with van der Waals surface area (Å²) < 4.78 is 2.80. The Bertz CT molecular complexity index is 685. The molecule has 0 saturated carbocycles. The van der Waals surface area contributed by atoms with Crippen LogP contribution < -0.4 is 5.73 Å². The molecular formula is C13H11BrClN3. The van der Waals surface area contributed by atoms with Crippen LogP contribution in [0.3, 0.4) is 0 Å². The van der Waals surface area contributed by atoms with Gasteiger partial charge in [0, 0.05) is 16.8 Å². The van der Waals surface area contributed by atoms with Crippen LogP contribution in [-0.2, 0) is 0 Å². The first kappa shape index (κ1) is 11.8. The van der Waals surface area contributed by atoms with Gasteiger partial charge in [-0.25, -0.2) is 4.98 Å². The van der Waals surface area contributed by atoms with Crippen molar-refractivity contribution in [1.29, 1.82) is 0 Å². The maximum absolute atomic E-state index is 6.29. The molecule has 1 aliphatic rings. The van der Waals surface area contributed by atoms with Gasteiger partial charge in [0.15, 0.2) is 5.65 Å². The van der Waals surface area contributed by atoms with Crippen LogP contribution in [0, 0.1) is 0 Å². The number of hydrogen-bond donors (Lipinski definition) is 1. The van der Waals surface area contributed by atoms with Crippen LogP contribution in [-0.4, -0.2) is 9.38 Å². The summed E-state index contributed by atoms with van der Waals surface area (Å²) in [5.41, 5.74) is 9.48. The normalized spacial score (nSPS) is 15.7. The molecule has 0 radical (unpaired) electrons. The predicted octanol–water partition coefficient (Wildman–Crippen LogP) is 3.98. The number of nitrogen functional groups attached to an aromatic ring is 1. The van der Waals surface area contributed by atoms with Gasteiger partial charge in [0.1, 0.15) is 4.60 Å². The fraction of sp³-hybridized carbons (Fsp3) is 0.154. The molecule has 18 heavy (non-hydrogen) atoms. The van der Waals surface area contributed by atoms with Crippen LogP contribution >= 0.6 is 27.5 Å². The van der Waals surface area contributed by atoms with Crippen molar-refractivity contribution in [2.24, 2.45) is 0 Å². The van der Waals surface area contributed by atoms with E-state index in [-0.39, 0.29) is 0 Å². The quantitative estimate of drug-likeness (QED) is 0.862. The van der Waals surface area contributed by atoms with Crippen LogP contribution in [0.25, 0.3) is 11.2 Å². The number of nitrogens with two attached hydrogens (primary N) is 1. The summed E-state index contributed by atoms with van der Waals surface area (Å²) in [5, 5.41) is 0.882. The second-order valence-corrected chi connectivity index (χ2v) is 5.49. The van der Waals surface area contributed by atoms with E-state index in [4.69, 9.17) is 17.3 Å². The van der Waals surface area contributed by atoms with Crippen molar-refractivity contribution in [2.45, 2.75) is 12.8 Å². The molecule has 0 aromatic carbocycles. The predicted molar refractivity (Wildman–Crippen MR) is 78.5 cm³/mol. The van der Waals surface area contributed by atoms with Gasteiger partial charge in [-0.1, -0.05) is 23.8 Å². The van der Waals surface area contributed by atoms with Crippen molar-refractivity contribution >= 4 is 44.4 Å². The number of aromatic nitrogens is 2. The van der Waals surface area contributed by atoms with Gasteiger partial charge >= 0.3 is 0 Å². The summed E-state index contributed by atoms with van der Waals surface area (Å²) in [6.07, 6.45) is 9.80. The number of hydrogen-bond acceptors (Lipinski definition) is 2. The van der Waals surface area contributed by atoms with E-state index in [1.54, 1.807) is 6.20 Å². The molecule has 0 amide bonds. The van der Waals surface area contributed by atoms with E-state index in [1.165, 1.54) is 0 Å². The Hall–Kier alpha value is -1.26. The van der Waals surface area contributed by atoms with E-state index >= 15 is 0 Å². The number of halogens is 2. The standard InChI is InChI=1S/C13H11BrClN3/c14-12-6-17-13-11(16)5-8(7-18(12)13)9-3-1-2-4-10(9)15/h1,3,5-7H,2,4,16H2. The molecule has 0 bridgehead atoms. The Morgan fingerprint density at radius 1 is 1.44 bits per heavy atom. The van der Waals surface area contributed by atoms with Crippen LogP contribution in [0.15, 0.2) is 40.2 Å². The van der Waals surface area contributed by atoms with Crippen molar-refractivity contribution in [3.63, 3.8) is 0 Å². The molecule has 2 N–H and O–H groups in total. The number of allylic oxidation sites excluding steroid dienone is 4. The minimum Gasteiger partial charge on any atom is -0.396 e. The molecule has 0 fully saturated rings. The lowest BCUT2D eigenvalue weighted by Gasteiger charge is -2.12. The van der Waals surface area contributed by atoms with Gasteiger partial charge < -0.3 is 5.73 Å². The second kappa shape index (κ2) is 4.44. The molecule has 2 aromatic heterocycles. The molecule has 0 unspecified atom stereocenters. The second-order valence-electron chi connectivity index (χ2n) is 4.22. The molecule has 2 heterocycles. The van der Waals surface area contributed by atoms with Gasteiger partial charge in [0.25, 0.3) is 0 Å². The highest BCUT2D eigenvalue weighted by Crippen LogP contribution is 2.32. The lowest BCUT2D eigenvalue weighted by Crippen LogP contribution is -1.98. The maximum atomic E-state index is 6.29. The Morgan fingerprint density at radius 2 is 2.28 bits per heavy atom. The summed E-state index contributed by atoms with van der Waals surface area (Å²) in [6.45, 7) is 0. The molecule has 1 aliphatic carbocycles. The number of pyridine rings is 1. The third-order valence-electron chi connectivity index (χ3n) is 3.01. The van der Waals surface area contributed by atoms with Crippen molar-refractivity contribution < 1.29 is 0 Å². The summed E-state index contributed by atoms with van der Waals surface area (Å²) >= 11 is 9.74. The minimum atomic E-state index is 0.647. The largest absolute Gasteiger partial charge is 0.396 e. The Kier molecular flexibility index (Phi) is 2.92. The number of nitrogens with zero attached hydrogens (tertiary/aromatic N) is 2. The van der Waals surface area contributed by atoms with Crippen LogP contribution in [0.1, 0.15) is 18.4 Å². The number of anilines is 1. The number of imidazole rings is 1. The summed E-state index contributed by atoms with van der Waals surface area (Å²) in [5.74, 6) is 0. The molecule has 0 atom stereocenters. The van der Waals surface area contributed by atoms with E-state index in [9.17, 15) is 0 Å². The van der Waals surface area contributed by atoms with Gasteiger partial charge in [0.05, 0.1) is 11.9 Å². The monoisotopic (exact) mass is 323 g/mol. The minimum absolute atomic E-state index is 0.647. The summed E-state index contributed by atoms with van der Waals surface area (Å²) in [7, 11) is 0. The molecule has 3 rings (SSSR count). The summed E-state index contributed by atoms with van der Waals surface area (Å²) in [6, 6.07) is 1.92. The van der Waals surface area contributed by atoms with E-state index in [1.807, 2.05) is 16.7 Å². The lowest BCUT2D eigenvalue weighted by molar-refractivity contribution is 1.02. The molecule has 5 heteroatoms. The smallest absolute Gasteiger partial charge is 0.160 e. The van der Waals surface area contributed by atoms with Crippen molar-refractivity contribution in [1.82, 2.24) is 9.38 Å². The SMILES string of the molecule is Nc1cc(C2=C(Cl)CCC=C2)cn2c(Br)cnc12. The topological polar surface area (TPSA) is 43.3 Å². The zero-order valence-corrected chi connectivity index (χ0v) is 11.9. The Balaban J connectivity index is 2.24. The van der Waals surface area contributed by atoms with Crippen LogP contribution in [0.5, 0.6) is 0 Å². The van der Waals surface area contributed by atoms with E-state index in [2.05, 4.69) is 33.1 Å². The van der Waals surface area contributed by atoms with E-state index in [0.29, 0.717) is 5.69 Å². The number of fused-ring (bicyclic) bond motifs is 1. The fourth-order valence-electron chi connectivity index (χ4n) is 2.12. The molecule has 0 saturated heterocycles. The average molecular weight is 325 g/mol. The Morgan fingerprint density at radius 3 is 3.06 bits per heavy atom. The van der Waals surface area contributed by atoms with Crippen molar-refractivity contribution in [3.8, 4) is 0 Å². The summed E-state index contributed by atoms with van der Waals surface area (Å²) in [4.78, 5) is 4.25. The average Bonchev–Trinajstić information content (AvgIpc) is 2.72.